The number of methoxy groups -OCH3 is 2. The van der Waals surface area contributed by atoms with E-state index in [2.05, 4.69) is 4.74 Å². The standard InChI is InChI=1S/C16H17NO4/c1-19-13-4-3-5-14(10-13)21-15-7-6-12(17)8-11(15)9-16(18)20-2/h3-8,10H,9,17H2,1-2H3. The lowest BCUT2D eigenvalue weighted by atomic mass is 10.1. The summed E-state index contributed by atoms with van der Waals surface area (Å²) in [5.41, 5.74) is 6.99. The third-order valence-corrected chi connectivity index (χ3v) is 2.92. The zero-order chi connectivity index (χ0) is 15.2. The molecule has 0 bridgehead atoms. The molecule has 110 valence electrons. The van der Waals surface area contributed by atoms with Gasteiger partial charge in [0.1, 0.15) is 17.2 Å². The van der Waals surface area contributed by atoms with Crippen LogP contribution in [0.1, 0.15) is 5.56 Å². The molecule has 2 N–H and O–H groups in total. The Morgan fingerprint density at radius 3 is 2.57 bits per heavy atom. The van der Waals surface area contributed by atoms with Gasteiger partial charge < -0.3 is 19.9 Å². The van der Waals surface area contributed by atoms with Gasteiger partial charge in [0, 0.05) is 17.3 Å². The fourth-order valence-electron chi connectivity index (χ4n) is 1.86. The average Bonchev–Trinajstić information content (AvgIpc) is 2.50. The van der Waals surface area contributed by atoms with Crippen molar-refractivity contribution in [2.75, 3.05) is 20.0 Å². The van der Waals surface area contributed by atoms with Crippen molar-refractivity contribution in [3.8, 4) is 17.2 Å². The van der Waals surface area contributed by atoms with Crippen LogP contribution in [0.15, 0.2) is 42.5 Å². The van der Waals surface area contributed by atoms with Gasteiger partial charge in [-0.2, -0.15) is 0 Å². The van der Waals surface area contributed by atoms with Crippen molar-refractivity contribution >= 4 is 11.7 Å². The molecule has 0 radical (unpaired) electrons. The van der Waals surface area contributed by atoms with E-state index >= 15 is 0 Å². The molecule has 0 atom stereocenters. The minimum atomic E-state index is -0.351. The van der Waals surface area contributed by atoms with Gasteiger partial charge >= 0.3 is 5.97 Å². The van der Waals surface area contributed by atoms with Gasteiger partial charge in [-0.1, -0.05) is 6.07 Å². The number of esters is 1. The van der Waals surface area contributed by atoms with E-state index in [9.17, 15) is 4.79 Å². The van der Waals surface area contributed by atoms with Gasteiger partial charge in [0.05, 0.1) is 20.6 Å². The minimum Gasteiger partial charge on any atom is -0.497 e. The van der Waals surface area contributed by atoms with Gasteiger partial charge in [-0.15, -0.1) is 0 Å². The summed E-state index contributed by atoms with van der Waals surface area (Å²) in [6, 6.07) is 12.4. The summed E-state index contributed by atoms with van der Waals surface area (Å²) in [6.45, 7) is 0. The highest BCUT2D eigenvalue weighted by atomic mass is 16.5. The second kappa shape index (κ2) is 6.65. The van der Waals surface area contributed by atoms with Gasteiger partial charge in [0.15, 0.2) is 0 Å². The van der Waals surface area contributed by atoms with Crippen molar-refractivity contribution in [2.45, 2.75) is 6.42 Å². The molecule has 21 heavy (non-hydrogen) atoms. The molecule has 0 aliphatic rings. The fourth-order valence-corrected chi connectivity index (χ4v) is 1.86. The Balaban J connectivity index is 2.27. The molecule has 0 aliphatic heterocycles. The highest BCUT2D eigenvalue weighted by Crippen LogP contribution is 2.29. The van der Waals surface area contributed by atoms with Crippen molar-refractivity contribution in [3.05, 3.63) is 48.0 Å². The number of ether oxygens (including phenoxy) is 3. The van der Waals surface area contributed by atoms with Crippen LogP contribution in [0.25, 0.3) is 0 Å². The number of carbonyl (C=O) groups is 1. The summed E-state index contributed by atoms with van der Waals surface area (Å²) >= 11 is 0. The molecule has 0 unspecified atom stereocenters. The minimum absolute atomic E-state index is 0.0981. The molecule has 0 fully saturated rings. The third kappa shape index (κ3) is 3.89. The fraction of sp³-hybridized carbons (Fsp3) is 0.188. The van der Waals surface area contributed by atoms with Gasteiger partial charge in [-0.3, -0.25) is 4.79 Å². The van der Waals surface area contributed by atoms with Crippen LogP contribution in [0, 0.1) is 0 Å². The molecule has 0 aromatic heterocycles. The van der Waals surface area contributed by atoms with Crippen LogP contribution in [0.2, 0.25) is 0 Å². The Hall–Kier alpha value is -2.69. The molecule has 0 spiro atoms. The van der Waals surface area contributed by atoms with Crippen LogP contribution in [-0.2, 0) is 16.0 Å². The SMILES string of the molecule is COC(=O)Cc1cc(N)ccc1Oc1cccc(OC)c1. The lowest BCUT2D eigenvalue weighted by Gasteiger charge is -2.12. The maximum absolute atomic E-state index is 11.5. The number of benzene rings is 2. The lowest BCUT2D eigenvalue weighted by Crippen LogP contribution is -2.06. The highest BCUT2D eigenvalue weighted by Gasteiger charge is 2.11. The molecule has 5 nitrogen and oxygen atoms in total. The van der Waals surface area contributed by atoms with Crippen molar-refractivity contribution in [2.24, 2.45) is 0 Å². The summed E-state index contributed by atoms with van der Waals surface area (Å²) in [5.74, 6) is 1.52. The predicted molar refractivity (Wildman–Crippen MR) is 79.6 cm³/mol. The molecular formula is C16H17NO4. The second-order valence-corrected chi connectivity index (χ2v) is 4.40. The predicted octanol–water partition coefficient (Wildman–Crippen LogP) is 2.79. The molecule has 2 aromatic carbocycles. The summed E-state index contributed by atoms with van der Waals surface area (Å²) in [4.78, 5) is 11.5. The van der Waals surface area contributed by atoms with E-state index in [0.29, 0.717) is 28.5 Å². The van der Waals surface area contributed by atoms with Crippen LogP contribution < -0.4 is 15.2 Å². The van der Waals surface area contributed by atoms with E-state index in [0.717, 1.165) is 0 Å². The summed E-state index contributed by atoms with van der Waals surface area (Å²) in [7, 11) is 2.93. The first-order valence-electron chi connectivity index (χ1n) is 6.39. The van der Waals surface area contributed by atoms with E-state index in [1.807, 2.05) is 12.1 Å². The van der Waals surface area contributed by atoms with E-state index in [1.165, 1.54) is 7.11 Å². The topological polar surface area (TPSA) is 70.8 Å². The first-order valence-corrected chi connectivity index (χ1v) is 6.39. The largest absolute Gasteiger partial charge is 0.497 e. The Kier molecular flexibility index (Phi) is 4.66. The molecule has 5 heteroatoms. The summed E-state index contributed by atoms with van der Waals surface area (Å²) < 4.78 is 15.6. The van der Waals surface area contributed by atoms with Crippen molar-refractivity contribution in [1.82, 2.24) is 0 Å². The molecule has 0 amide bonds. The van der Waals surface area contributed by atoms with E-state index < -0.39 is 0 Å². The quantitative estimate of drug-likeness (QED) is 0.676. The molecule has 0 heterocycles. The van der Waals surface area contributed by atoms with Crippen molar-refractivity contribution in [1.29, 1.82) is 0 Å². The first kappa shape index (κ1) is 14.7. The number of hydrogen-bond acceptors (Lipinski definition) is 5. The molecule has 0 saturated heterocycles. The third-order valence-electron chi connectivity index (χ3n) is 2.92. The zero-order valence-electron chi connectivity index (χ0n) is 12.0. The van der Waals surface area contributed by atoms with Crippen LogP contribution in [0.5, 0.6) is 17.2 Å². The second-order valence-electron chi connectivity index (χ2n) is 4.40. The van der Waals surface area contributed by atoms with Crippen LogP contribution in [0.3, 0.4) is 0 Å². The first-order chi connectivity index (χ1) is 10.1. The number of rotatable bonds is 5. The van der Waals surface area contributed by atoms with Crippen LogP contribution >= 0.6 is 0 Å². The van der Waals surface area contributed by atoms with Gasteiger partial charge in [0.25, 0.3) is 0 Å². The monoisotopic (exact) mass is 287 g/mol. The van der Waals surface area contributed by atoms with Crippen LogP contribution in [-0.4, -0.2) is 20.2 Å². The molecule has 0 aliphatic carbocycles. The van der Waals surface area contributed by atoms with E-state index in [1.54, 1.807) is 37.4 Å². The Bertz CT molecular complexity index is 640. The highest BCUT2D eigenvalue weighted by molar-refractivity contribution is 5.74. The molecular weight excluding hydrogens is 270 g/mol. The van der Waals surface area contributed by atoms with Crippen molar-refractivity contribution in [3.63, 3.8) is 0 Å². The van der Waals surface area contributed by atoms with Gasteiger partial charge in [-0.25, -0.2) is 0 Å². The van der Waals surface area contributed by atoms with Gasteiger partial charge in [-0.05, 0) is 30.3 Å². The molecule has 0 saturated carbocycles. The molecule has 2 rings (SSSR count). The lowest BCUT2D eigenvalue weighted by molar-refractivity contribution is -0.139. The normalized spacial score (nSPS) is 10.0. The Morgan fingerprint density at radius 2 is 1.86 bits per heavy atom. The van der Waals surface area contributed by atoms with Gasteiger partial charge in [0.2, 0.25) is 0 Å². The van der Waals surface area contributed by atoms with Crippen LogP contribution in [0.4, 0.5) is 5.69 Å². The number of nitrogen functional groups attached to an aromatic ring is 1. The Labute approximate surface area is 123 Å². The average molecular weight is 287 g/mol. The van der Waals surface area contributed by atoms with E-state index in [4.69, 9.17) is 15.2 Å². The summed E-state index contributed by atoms with van der Waals surface area (Å²) in [6.07, 6.45) is 0.0981. The maximum Gasteiger partial charge on any atom is 0.310 e. The van der Waals surface area contributed by atoms with E-state index in [-0.39, 0.29) is 12.4 Å². The molecule has 2 aromatic rings. The maximum atomic E-state index is 11.5. The van der Waals surface area contributed by atoms with Crippen molar-refractivity contribution < 1.29 is 19.0 Å². The zero-order valence-corrected chi connectivity index (χ0v) is 12.0. The Morgan fingerprint density at radius 1 is 1.10 bits per heavy atom. The smallest absolute Gasteiger partial charge is 0.310 e. The number of hydrogen-bond donors (Lipinski definition) is 1. The number of nitrogens with two attached hydrogens (primary N) is 1. The number of carbonyl (C=O) groups excluding carboxylic acids is 1. The number of anilines is 1. The summed E-state index contributed by atoms with van der Waals surface area (Å²) in [5, 5.41) is 0.